The summed E-state index contributed by atoms with van der Waals surface area (Å²) in [6.07, 6.45) is 4.76. The monoisotopic (exact) mass is 241 g/mol. The maximum atomic E-state index is 5.95. The lowest BCUT2D eigenvalue weighted by molar-refractivity contribution is -0.0909. The molecule has 3 rings (SSSR count). The predicted octanol–water partition coefficient (Wildman–Crippen LogP) is 1.09. The second-order valence-corrected chi connectivity index (χ2v) is 5.66. The first-order chi connectivity index (χ1) is 8.27. The summed E-state index contributed by atoms with van der Waals surface area (Å²) in [5.41, 5.74) is 0.0125. The quantitative estimate of drug-likeness (QED) is 0.785. The largest absolute Gasteiger partial charge is 0.378 e. The van der Waals surface area contributed by atoms with Gasteiger partial charge in [-0.05, 0) is 26.2 Å². The van der Waals surface area contributed by atoms with E-state index in [1.54, 1.807) is 0 Å². The normalized spacial score (nSPS) is 46.8. The fourth-order valence-electron chi connectivity index (χ4n) is 3.29. The summed E-state index contributed by atoms with van der Waals surface area (Å²) >= 11 is 0. The van der Waals surface area contributed by atoms with Gasteiger partial charge in [-0.25, -0.2) is 0 Å². The minimum absolute atomic E-state index is 0.0125. The number of hydrogen-bond acceptors (Lipinski definition) is 4. The number of hydrogen-bond donors (Lipinski definition) is 1. The molecule has 3 aliphatic rings. The first kappa shape index (κ1) is 11.9. The SMILES string of the molecule is CC1OCCC1NC1CCOC2(CCOC2)C1. The Bertz CT molecular complexity index is 265. The number of nitrogens with one attached hydrogen (secondary N) is 1. The Labute approximate surface area is 103 Å². The molecule has 0 aromatic rings. The van der Waals surface area contributed by atoms with Crippen molar-refractivity contribution in [3.8, 4) is 0 Å². The van der Waals surface area contributed by atoms with Gasteiger partial charge in [-0.2, -0.15) is 0 Å². The van der Waals surface area contributed by atoms with E-state index in [2.05, 4.69) is 12.2 Å². The van der Waals surface area contributed by atoms with E-state index in [-0.39, 0.29) is 5.60 Å². The maximum absolute atomic E-state index is 5.95. The van der Waals surface area contributed by atoms with E-state index < -0.39 is 0 Å². The molecule has 0 saturated carbocycles. The molecule has 3 fully saturated rings. The molecule has 0 aromatic carbocycles. The minimum Gasteiger partial charge on any atom is -0.378 e. The van der Waals surface area contributed by atoms with Crippen LogP contribution in [-0.2, 0) is 14.2 Å². The van der Waals surface area contributed by atoms with Crippen molar-refractivity contribution in [2.45, 2.75) is 56.4 Å². The Kier molecular flexibility index (Phi) is 3.39. The predicted molar refractivity (Wildman–Crippen MR) is 64.1 cm³/mol. The van der Waals surface area contributed by atoms with Crippen LogP contribution in [0.5, 0.6) is 0 Å². The molecule has 0 amide bonds. The number of rotatable bonds is 2. The summed E-state index contributed by atoms with van der Waals surface area (Å²) in [7, 11) is 0. The van der Waals surface area contributed by atoms with Crippen LogP contribution in [0.25, 0.3) is 0 Å². The molecule has 3 aliphatic heterocycles. The van der Waals surface area contributed by atoms with Crippen molar-refractivity contribution in [3.63, 3.8) is 0 Å². The topological polar surface area (TPSA) is 39.7 Å². The second-order valence-electron chi connectivity index (χ2n) is 5.66. The highest BCUT2D eigenvalue weighted by Gasteiger charge is 2.41. The van der Waals surface area contributed by atoms with E-state index >= 15 is 0 Å². The van der Waals surface area contributed by atoms with Crippen molar-refractivity contribution in [1.82, 2.24) is 5.32 Å². The third-order valence-corrected chi connectivity index (χ3v) is 4.39. The summed E-state index contributed by atoms with van der Waals surface area (Å²) < 4.78 is 17.1. The smallest absolute Gasteiger partial charge is 0.0951 e. The van der Waals surface area contributed by atoms with Gasteiger partial charge in [0.15, 0.2) is 0 Å². The molecule has 0 aliphatic carbocycles. The van der Waals surface area contributed by atoms with Gasteiger partial charge in [-0.3, -0.25) is 0 Å². The first-order valence-corrected chi connectivity index (χ1v) is 6.87. The average molecular weight is 241 g/mol. The average Bonchev–Trinajstić information content (AvgIpc) is 2.91. The Morgan fingerprint density at radius 2 is 2.12 bits per heavy atom. The molecule has 4 atom stereocenters. The lowest BCUT2D eigenvalue weighted by Gasteiger charge is -2.38. The molecule has 17 heavy (non-hydrogen) atoms. The van der Waals surface area contributed by atoms with Crippen LogP contribution in [0.1, 0.15) is 32.6 Å². The molecule has 4 heteroatoms. The van der Waals surface area contributed by atoms with Crippen LogP contribution in [0, 0.1) is 0 Å². The molecule has 3 heterocycles. The third-order valence-electron chi connectivity index (χ3n) is 4.39. The highest BCUT2D eigenvalue weighted by Crippen LogP contribution is 2.33. The van der Waals surface area contributed by atoms with Crippen LogP contribution in [0.4, 0.5) is 0 Å². The van der Waals surface area contributed by atoms with Gasteiger partial charge >= 0.3 is 0 Å². The van der Waals surface area contributed by atoms with Gasteiger partial charge in [0.1, 0.15) is 0 Å². The van der Waals surface area contributed by atoms with Crippen LogP contribution in [0.2, 0.25) is 0 Å². The molecule has 0 aromatic heterocycles. The zero-order valence-corrected chi connectivity index (χ0v) is 10.6. The van der Waals surface area contributed by atoms with Crippen molar-refractivity contribution >= 4 is 0 Å². The zero-order chi connectivity index (χ0) is 11.7. The molecule has 1 spiro atoms. The lowest BCUT2D eigenvalue weighted by Crippen LogP contribution is -2.51. The van der Waals surface area contributed by atoms with E-state index in [1.165, 1.54) is 0 Å². The van der Waals surface area contributed by atoms with Crippen LogP contribution in [0.15, 0.2) is 0 Å². The minimum atomic E-state index is 0.0125. The van der Waals surface area contributed by atoms with Crippen molar-refractivity contribution in [2.75, 3.05) is 26.4 Å². The van der Waals surface area contributed by atoms with Crippen LogP contribution in [0.3, 0.4) is 0 Å². The highest BCUT2D eigenvalue weighted by molar-refractivity contribution is 4.94. The van der Waals surface area contributed by atoms with Crippen molar-refractivity contribution in [3.05, 3.63) is 0 Å². The van der Waals surface area contributed by atoms with Crippen molar-refractivity contribution in [1.29, 1.82) is 0 Å². The standard InChI is InChI=1S/C13H23NO3/c1-10-12(3-5-16-10)14-11-2-6-17-13(8-11)4-7-15-9-13/h10-12,14H,2-9H2,1H3. The van der Waals surface area contributed by atoms with E-state index in [0.717, 1.165) is 52.1 Å². The fourth-order valence-corrected chi connectivity index (χ4v) is 3.29. The third kappa shape index (κ3) is 2.50. The Hall–Kier alpha value is -0.160. The van der Waals surface area contributed by atoms with Gasteiger partial charge in [-0.1, -0.05) is 0 Å². The van der Waals surface area contributed by atoms with Gasteiger partial charge in [0, 0.05) is 38.3 Å². The van der Waals surface area contributed by atoms with Gasteiger partial charge in [0.2, 0.25) is 0 Å². The summed E-state index contributed by atoms with van der Waals surface area (Å²) in [4.78, 5) is 0. The molecule has 1 N–H and O–H groups in total. The van der Waals surface area contributed by atoms with Crippen LogP contribution >= 0.6 is 0 Å². The molecule has 98 valence electrons. The molecule has 0 radical (unpaired) electrons. The highest BCUT2D eigenvalue weighted by atomic mass is 16.6. The summed E-state index contributed by atoms with van der Waals surface area (Å²) in [5.74, 6) is 0. The molecular weight excluding hydrogens is 218 g/mol. The van der Waals surface area contributed by atoms with Crippen molar-refractivity contribution in [2.24, 2.45) is 0 Å². The van der Waals surface area contributed by atoms with E-state index in [9.17, 15) is 0 Å². The molecule has 4 nitrogen and oxygen atoms in total. The Balaban J connectivity index is 1.56. The zero-order valence-electron chi connectivity index (χ0n) is 10.6. The van der Waals surface area contributed by atoms with Gasteiger partial charge in [0.05, 0.1) is 18.3 Å². The van der Waals surface area contributed by atoms with Gasteiger partial charge in [-0.15, -0.1) is 0 Å². The number of ether oxygens (including phenoxy) is 3. The van der Waals surface area contributed by atoms with Crippen LogP contribution in [-0.4, -0.2) is 50.2 Å². The first-order valence-electron chi connectivity index (χ1n) is 6.87. The van der Waals surface area contributed by atoms with E-state index in [4.69, 9.17) is 14.2 Å². The van der Waals surface area contributed by atoms with Crippen LogP contribution < -0.4 is 5.32 Å². The molecular formula is C13H23NO3. The molecule has 4 unspecified atom stereocenters. The van der Waals surface area contributed by atoms with Gasteiger partial charge < -0.3 is 19.5 Å². The summed E-state index contributed by atoms with van der Waals surface area (Å²) in [6, 6.07) is 1.09. The van der Waals surface area contributed by atoms with Crippen molar-refractivity contribution < 1.29 is 14.2 Å². The van der Waals surface area contributed by atoms with Gasteiger partial charge in [0.25, 0.3) is 0 Å². The summed E-state index contributed by atoms with van der Waals surface area (Å²) in [5, 5.41) is 3.76. The Morgan fingerprint density at radius 3 is 2.82 bits per heavy atom. The van der Waals surface area contributed by atoms with E-state index in [0.29, 0.717) is 18.2 Å². The second kappa shape index (κ2) is 4.84. The maximum Gasteiger partial charge on any atom is 0.0951 e. The lowest BCUT2D eigenvalue weighted by atomic mass is 9.89. The molecule has 3 saturated heterocycles. The summed E-state index contributed by atoms with van der Waals surface area (Å²) in [6.45, 7) is 5.56. The van der Waals surface area contributed by atoms with E-state index in [1.807, 2.05) is 0 Å². The Morgan fingerprint density at radius 1 is 1.18 bits per heavy atom. The molecule has 0 bridgehead atoms. The fraction of sp³-hybridized carbons (Fsp3) is 1.00.